The van der Waals surface area contributed by atoms with Crippen LogP contribution in [0.1, 0.15) is 12.0 Å². The number of aliphatic hydroxyl groups excluding tert-OH is 3. The predicted molar refractivity (Wildman–Crippen MR) is 120 cm³/mol. The first kappa shape index (κ1) is 25.4. The highest BCUT2D eigenvalue weighted by atomic mass is 19.2. The molecule has 3 N–H and O–H groups in total. The minimum absolute atomic E-state index is 0.0938. The Kier molecular flexibility index (Phi) is 7.38. The van der Waals surface area contributed by atoms with Crippen molar-refractivity contribution in [1.82, 2.24) is 19.9 Å². The van der Waals surface area contributed by atoms with Crippen molar-refractivity contribution in [3.8, 4) is 11.3 Å². The van der Waals surface area contributed by atoms with E-state index >= 15 is 0 Å². The van der Waals surface area contributed by atoms with E-state index in [1.807, 2.05) is 0 Å². The highest BCUT2D eigenvalue weighted by Crippen LogP contribution is 2.30. The molecule has 190 valence electrons. The maximum absolute atomic E-state index is 13.6. The molecule has 1 aromatic heterocycles. The van der Waals surface area contributed by atoms with Gasteiger partial charge in [-0.2, -0.15) is 0 Å². The summed E-state index contributed by atoms with van der Waals surface area (Å²) in [6.07, 6.45) is -2.81. The fraction of sp³-hybridized carbons (Fsp3) is 0.292. The SMILES string of the molecule is CN(C(=O)CCc1ccc(F)c(F)c1)C1OC(CO)[C@H](O)C(n2cc(-c3cccc(F)c3)nn2)=C1O. The van der Waals surface area contributed by atoms with Crippen LogP contribution in [-0.2, 0) is 16.0 Å². The number of aryl methyl sites for hydroxylation is 1. The minimum Gasteiger partial charge on any atom is -0.506 e. The quantitative estimate of drug-likeness (QED) is 0.451. The largest absolute Gasteiger partial charge is 0.506 e. The summed E-state index contributed by atoms with van der Waals surface area (Å²) in [5.41, 5.74) is 0.877. The molecule has 1 amide bonds. The molecule has 36 heavy (non-hydrogen) atoms. The second-order valence-electron chi connectivity index (χ2n) is 8.24. The topological polar surface area (TPSA) is 121 Å². The monoisotopic (exact) mass is 504 g/mol. The minimum atomic E-state index is -1.53. The smallest absolute Gasteiger partial charge is 0.225 e. The fourth-order valence-corrected chi connectivity index (χ4v) is 3.84. The van der Waals surface area contributed by atoms with Gasteiger partial charge in [0.2, 0.25) is 5.91 Å². The summed E-state index contributed by atoms with van der Waals surface area (Å²) in [4.78, 5) is 13.9. The molecule has 0 saturated heterocycles. The Morgan fingerprint density at radius 3 is 2.64 bits per heavy atom. The lowest BCUT2D eigenvalue weighted by Crippen LogP contribution is -2.51. The average Bonchev–Trinajstić information content (AvgIpc) is 3.34. The zero-order chi connectivity index (χ0) is 26.0. The van der Waals surface area contributed by atoms with Gasteiger partial charge in [-0.15, -0.1) is 5.10 Å². The number of carbonyl (C=O) groups is 1. The van der Waals surface area contributed by atoms with Crippen molar-refractivity contribution in [3.63, 3.8) is 0 Å². The lowest BCUT2D eigenvalue weighted by molar-refractivity contribution is -0.163. The summed E-state index contributed by atoms with van der Waals surface area (Å²) in [5, 5.41) is 39.2. The maximum atomic E-state index is 13.6. The van der Waals surface area contributed by atoms with Crippen molar-refractivity contribution in [1.29, 1.82) is 0 Å². The van der Waals surface area contributed by atoms with Gasteiger partial charge in [0.15, 0.2) is 23.6 Å². The van der Waals surface area contributed by atoms with E-state index in [9.17, 15) is 33.3 Å². The zero-order valence-electron chi connectivity index (χ0n) is 19.1. The number of hydrogen-bond acceptors (Lipinski definition) is 7. The number of carbonyl (C=O) groups excluding carboxylic acids is 1. The van der Waals surface area contributed by atoms with Crippen LogP contribution >= 0.6 is 0 Å². The molecular weight excluding hydrogens is 481 g/mol. The molecule has 2 aromatic carbocycles. The van der Waals surface area contributed by atoms with Crippen LogP contribution < -0.4 is 0 Å². The Bertz CT molecular complexity index is 1300. The third-order valence-electron chi connectivity index (χ3n) is 5.83. The van der Waals surface area contributed by atoms with E-state index in [4.69, 9.17) is 4.74 Å². The average molecular weight is 504 g/mol. The van der Waals surface area contributed by atoms with Crippen LogP contribution in [0, 0.1) is 17.5 Å². The number of halogens is 3. The lowest BCUT2D eigenvalue weighted by Gasteiger charge is -2.38. The van der Waals surface area contributed by atoms with E-state index < -0.39 is 54.2 Å². The molecule has 9 nitrogen and oxygen atoms in total. The second-order valence-corrected chi connectivity index (χ2v) is 8.24. The van der Waals surface area contributed by atoms with Crippen LogP contribution in [0.3, 0.4) is 0 Å². The van der Waals surface area contributed by atoms with Crippen molar-refractivity contribution in [2.75, 3.05) is 13.7 Å². The van der Waals surface area contributed by atoms with E-state index in [1.165, 1.54) is 37.5 Å². The van der Waals surface area contributed by atoms with E-state index in [-0.39, 0.29) is 24.2 Å². The molecule has 0 fully saturated rings. The van der Waals surface area contributed by atoms with E-state index in [0.717, 1.165) is 21.7 Å². The number of likely N-dealkylation sites (N-methyl/N-ethyl adjacent to an activating group) is 1. The fourth-order valence-electron chi connectivity index (χ4n) is 3.84. The van der Waals surface area contributed by atoms with Crippen LogP contribution in [0.5, 0.6) is 0 Å². The van der Waals surface area contributed by atoms with Gasteiger partial charge in [-0.05, 0) is 36.2 Å². The number of hydrogen-bond donors (Lipinski definition) is 3. The van der Waals surface area contributed by atoms with Gasteiger partial charge in [0.25, 0.3) is 0 Å². The van der Waals surface area contributed by atoms with Crippen LogP contribution in [0.15, 0.2) is 54.4 Å². The first-order valence-electron chi connectivity index (χ1n) is 10.9. The van der Waals surface area contributed by atoms with Crippen molar-refractivity contribution < 1.29 is 38.0 Å². The first-order chi connectivity index (χ1) is 17.2. The predicted octanol–water partition coefficient (Wildman–Crippen LogP) is 2.26. The van der Waals surface area contributed by atoms with Crippen LogP contribution in [0.4, 0.5) is 13.2 Å². The summed E-state index contributed by atoms with van der Waals surface area (Å²) >= 11 is 0. The molecule has 1 aliphatic heterocycles. The molecule has 3 atom stereocenters. The Morgan fingerprint density at radius 2 is 1.94 bits per heavy atom. The van der Waals surface area contributed by atoms with E-state index in [2.05, 4.69) is 10.3 Å². The molecule has 3 aromatic rings. The van der Waals surface area contributed by atoms with Crippen LogP contribution in [-0.4, -0.2) is 73.2 Å². The van der Waals surface area contributed by atoms with Crippen molar-refractivity contribution in [3.05, 3.63) is 77.4 Å². The molecule has 0 saturated carbocycles. The summed E-state index contributed by atoms with van der Waals surface area (Å²) in [5.74, 6) is -3.57. The molecular formula is C24H23F3N4O5. The van der Waals surface area contributed by atoms with Gasteiger partial charge >= 0.3 is 0 Å². The third kappa shape index (κ3) is 5.10. The van der Waals surface area contributed by atoms with E-state index in [0.29, 0.717) is 11.1 Å². The molecule has 0 bridgehead atoms. The normalized spacial score (nSPS) is 20.0. The Balaban J connectivity index is 1.58. The Hall–Kier alpha value is -3.74. The number of aromatic nitrogens is 3. The number of benzene rings is 2. The maximum Gasteiger partial charge on any atom is 0.225 e. The van der Waals surface area contributed by atoms with Gasteiger partial charge in [0, 0.05) is 19.0 Å². The Labute approximate surface area is 203 Å². The van der Waals surface area contributed by atoms with Gasteiger partial charge in [0.05, 0.1) is 12.8 Å². The Morgan fingerprint density at radius 1 is 1.17 bits per heavy atom. The number of aliphatic hydroxyl groups is 3. The van der Waals surface area contributed by atoms with Crippen molar-refractivity contribution in [2.45, 2.75) is 31.3 Å². The molecule has 0 radical (unpaired) electrons. The zero-order valence-corrected chi connectivity index (χ0v) is 19.1. The van der Waals surface area contributed by atoms with Gasteiger partial charge in [-0.3, -0.25) is 4.79 Å². The number of nitrogens with zero attached hydrogens (tertiary/aromatic N) is 4. The lowest BCUT2D eigenvalue weighted by atomic mass is 10.0. The first-order valence-corrected chi connectivity index (χ1v) is 10.9. The molecule has 0 aliphatic carbocycles. The summed E-state index contributed by atoms with van der Waals surface area (Å²) in [7, 11) is 1.34. The second kappa shape index (κ2) is 10.5. The van der Waals surface area contributed by atoms with Crippen molar-refractivity contribution in [2.24, 2.45) is 0 Å². The van der Waals surface area contributed by atoms with Gasteiger partial charge in [-0.25, -0.2) is 17.9 Å². The third-order valence-corrected chi connectivity index (χ3v) is 5.83. The number of amides is 1. The number of ether oxygens (including phenoxy) is 1. The van der Waals surface area contributed by atoms with Crippen LogP contribution in [0.25, 0.3) is 17.0 Å². The molecule has 12 heteroatoms. The van der Waals surface area contributed by atoms with Crippen molar-refractivity contribution >= 4 is 11.6 Å². The highest BCUT2D eigenvalue weighted by Gasteiger charge is 2.41. The van der Waals surface area contributed by atoms with Crippen LogP contribution in [0.2, 0.25) is 0 Å². The molecule has 2 unspecified atom stereocenters. The summed E-state index contributed by atoms with van der Waals surface area (Å²) < 4.78 is 46.8. The number of rotatable bonds is 7. The highest BCUT2D eigenvalue weighted by molar-refractivity contribution is 5.77. The van der Waals surface area contributed by atoms with Gasteiger partial charge in [0.1, 0.15) is 29.4 Å². The van der Waals surface area contributed by atoms with Gasteiger partial charge < -0.3 is 25.0 Å². The molecule has 2 heterocycles. The standard InChI is InChI=1S/C24H23F3N4O5/c1-30(20(33)8-6-13-5-7-16(26)17(27)9-13)24-23(35)21(22(34)19(12-32)36-24)31-11-18(28-29-31)14-3-2-4-15(25)10-14/h2-5,7,9-11,19,22,24,32,34-35H,6,8,12H2,1H3/t19?,22-,24?/m0/s1. The summed E-state index contributed by atoms with van der Waals surface area (Å²) in [6, 6.07) is 8.91. The van der Waals surface area contributed by atoms with Gasteiger partial charge in [-0.1, -0.05) is 23.4 Å². The molecule has 4 rings (SSSR count). The molecule has 0 spiro atoms. The molecule has 1 aliphatic rings. The summed E-state index contributed by atoms with van der Waals surface area (Å²) in [6.45, 7) is -0.642. The van der Waals surface area contributed by atoms with E-state index in [1.54, 1.807) is 6.07 Å².